The van der Waals surface area contributed by atoms with Crippen molar-refractivity contribution in [2.24, 2.45) is 0 Å². The molecule has 2 rings (SSSR count). The SMILES string of the molecule is CC(C)(C)c1ccccc1C(=O)Nc1ccc(Br)c(N)c1. The van der Waals surface area contributed by atoms with Gasteiger partial charge in [0, 0.05) is 21.4 Å². The number of nitrogens with one attached hydrogen (secondary N) is 1. The molecule has 0 radical (unpaired) electrons. The van der Waals surface area contributed by atoms with Crippen LogP contribution in [0, 0.1) is 0 Å². The Morgan fingerprint density at radius 1 is 1.14 bits per heavy atom. The largest absolute Gasteiger partial charge is 0.398 e. The number of rotatable bonds is 2. The molecule has 0 unspecified atom stereocenters. The summed E-state index contributed by atoms with van der Waals surface area (Å²) in [5, 5.41) is 2.90. The first-order valence-corrected chi connectivity index (χ1v) is 7.54. The lowest BCUT2D eigenvalue weighted by atomic mass is 9.83. The van der Waals surface area contributed by atoms with Crippen LogP contribution in [0.15, 0.2) is 46.9 Å². The summed E-state index contributed by atoms with van der Waals surface area (Å²) in [6, 6.07) is 13.0. The van der Waals surface area contributed by atoms with E-state index in [0.29, 0.717) is 16.9 Å². The van der Waals surface area contributed by atoms with E-state index in [1.165, 1.54) is 0 Å². The van der Waals surface area contributed by atoms with Crippen LogP contribution in [0.4, 0.5) is 11.4 Å². The quantitative estimate of drug-likeness (QED) is 0.781. The fourth-order valence-electron chi connectivity index (χ4n) is 2.16. The summed E-state index contributed by atoms with van der Waals surface area (Å²) >= 11 is 3.34. The molecule has 2 aromatic rings. The first-order chi connectivity index (χ1) is 9.79. The van der Waals surface area contributed by atoms with Crippen LogP contribution < -0.4 is 11.1 Å². The monoisotopic (exact) mass is 346 g/mol. The van der Waals surface area contributed by atoms with Crippen LogP contribution in [-0.4, -0.2) is 5.91 Å². The van der Waals surface area contributed by atoms with E-state index in [1.807, 2.05) is 36.4 Å². The van der Waals surface area contributed by atoms with Gasteiger partial charge in [-0.3, -0.25) is 4.79 Å². The molecule has 3 nitrogen and oxygen atoms in total. The molecule has 3 N–H and O–H groups in total. The number of hydrogen-bond donors (Lipinski definition) is 2. The molecule has 110 valence electrons. The Kier molecular flexibility index (Phi) is 4.37. The van der Waals surface area contributed by atoms with Crippen LogP contribution in [0.5, 0.6) is 0 Å². The van der Waals surface area contributed by atoms with E-state index < -0.39 is 0 Å². The lowest BCUT2D eigenvalue weighted by Crippen LogP contribution is -2.20. The van der Waals surface area contributed by atoms with Gasteiger partial charge in [0.05, 0.1) is 0 Å². The van der Waals surface area contributed by atoms with Crippen molar-refractivity contribution >= 4 is 33.2 Å². The third-order valence-corrected chi connectivity index (χ3v) is 3.96. The minimum Gasteiger partial charge on any atom is -0.398 e. The van der Waals surface area contributed by atoms with Crippen molar-refractivity contribution in [1.29, 1.82) is 0 Å². The van der Waals surface area contributed by atoms with Gasteiger partial charge in [0.25, 0.3) is 5.91 Å². The Labute approximate surface area is 133 Å². The van der Waals surface area contributed by atoms with Gasteiger partial charge in [0.15, 0.2) is 0 Å². The summed E-state index contributed by atoms with van der Waals surface area (Å²) in [6.07, 6.45) is 0. The second kappa shape index (κ2) is 5.90. The van der Waals surface area contributed by atoms with Crippen molar-refractivity contribution in [3.63, 3.8) is 0 Å². The molecule has 0 bridgehead atoms. The molecule has 0 fully saturated rings. The average Bonchev–Trinajstić information content (AvgIpc) is 2.42. The smallest absolute Gasteiger partial charge is 0.255 e. The van der Waals surface area contributed by atoms with Crippen LogP contribution in [0.3, 0.4) is 0 Å². The number of carbonyl (C=O) groups is 1. The van der Waals surface area contributed by atoms with Crippen molar-refractivity contribution in [2.75, 3.05) is 11.1 Å². The second-order valence-electron chi connectivity index (χ2n) is 5.99. The van der Waals surface area contributed by atoms with Gasteiger partial charge in [0.2, 0.25) is 0 Å². The molecule has 21 heavy (non-hydrogen) atoms. The maximum Gasteiger partial charge on any atom is 0.255 e. The summed E-state index contributed by atoms with van der Waals surface area (Å²) in [4.78, 5) is 12.5. The minimum atomic E-state index is -0.123. The van der Waals surface area contributed by atoms with E-state index in [2.05, 4.69) is 42.0 Å². The Balaban J connectivity index is 2.31. The summed E-state index contributed by atoms with van der Waals surface area (Å²) < 4.78 is 0.815. The highest BCUT2D eigenvalue weighted by molar-refractivity contribution is 9.10. The number of benzene rings is 2. The van der Waals surface area contributed by atoms with Gasteiger partial charge in [0.1, 0.15) is 0 Å². The number of halogens is 1. The van der Waals surface area contributed by atoms with Gasteiger partial charge in [-0.15, -0.1) is 0 Å². The highest BCUT2D eigenvalue weighted by atomic mass is 79.9. The van der Waals surface area contributed by atoms with Crippen molar-refractivity contribution in [2.45, 2.75) is 26.2 Å². The Morgan fingerprint density at radius 2 is 1.81 bits per heavy atom. The standard InChI is InChI=1S/C17H19BrN2O/c1-17(2,3)13-7-5-4-6-12(13)16(21)20-11-8-9-14(18)15(19)10-11/h4-10H,19H2,1-3H3,(H,20,21). The third kappa shape index (κ3) is 3.64. The Bertz CT molecular complexity index is 675. The highest BCUT2D eigenvalue weighted by Gasteiger charge is 2.21. The summed E-state index contributed by atoms with van der Waals surface area (Å²) in [5.74, 6) is -0.123. The van der Waals surface area contributed by atoms with Gasteiger partial charge in [-0.05, 0) is 51.2 Å². The van der Waals surface area contributed by atoms with Crippen molar-refractivity contribution in [3.05, 3.63) is 58.1 Å². The van der Waals surface area contributed by atoms with E-state index in [4.69, 9.17) is 5.73 Å². The lowest BCUT2D eigenvalue weighted by Gasteiger charge is -2.22. The van der Waals surface area contributed by atoms with Gasteiger partial charge in [-0.2, -0.15) is 0 Å². The lowest BCUT2D eigenvalue weighted by molar-refractivity contribution is 0.102. The van der Waals surface area contributed by atoms with Gasteiger partial charge in [-0.25, -0.2) is 0 Å². The summed E-state index contributed by atoms with van der Waals surface area (Å²) in [5.41, 5.74) is 8.73. The predicted octanol–water partition coefficient (Wildman–Crippen LogP) is 4.58. The molecule has 0 saturated heterocycles. The molecule has 0 aliphatic carbocycles. The normalized spacial score (nSPS) is 11.2. The highest BCUT2D eigenvalue weighted by Crippen LogP contribution is 2.27. The van der Waals surface area contributed by atoms with E-state index in [-0.39, 0.29) is 11.3 Å². The van der Waals surface area contributed by atoms with Gasteiger partial charge < -0.3 is 11.1 Å². The first-order valence-electron chi connectivity index (χ1n) is 6.75. The van der Waals surface area contributed by atoms with Crippen LogP contribution in [0.2, 0.25) is 0 Å². The molecule has 0 spiro atoms. The van der Waals surface area contributed by atoms with E-state index in [9.17, 15) is 4.79 Å². The number of nitrogens with two attached hydrogens (primary N) is 1. The average molecular weight is 347 g/mol. The molecule has 2 aromatic carbocycles. The Hall–Kier alpha value is -1.81. The maximum absolute atomic E-state index is 12.5. The molecule has 0 aromatic heterocycles. The van der Waals surface area contributed by atoms with E-state index in [1.54, 1.807) is 6.07 Å². The summed E-state index contributed by atoms with van der Waals surface area (Å²) in [7, 11) is 0. The van der Waals surface area contributed by atoms with Crippen LogP contribution in [0.1, 0.15) is 36.7 Å². The molecule has 1 amide bonds. The number of amides is 1. The number of carbonyl (C=O) groups excluding carboxylic acids is 1. The fourth-order valence-corrected chi connectivity index (χ4v) is 2.40. The van der Waals surface area contributed by atoms with Crippen molar-refractivity contribution < 1.29 is 4.79 Å². The second-order valence-corrected chi connectivity index (χ2v) is 6.84. The zero-order valence-electron chi connectivity index (χ0n) is 12.4. The topological polar surface area (TPSA) is 55.1 Å². The van der Waals surface area contributed by atoms with Gasteiger partial charge in [-0.1, -0.05) is 39.0 Å². The molecular weight excluding hydrogens is 328 g/mol. The summed E-state index contributed by atoms with van der Waals surface area (Å²) in [6.45, 7) is 6.28. The number of hydrogen-bond acceptors (Lipinski definition) is 2. The predicted molar refractivity (Wildman–Crippen MR) is 91.6 cm³/mol. The van der Waals surface area contributed by atoms with Crippen LogP contribution in [0.25, 0.3) is 0 Å². The first kappa shape index (κ1) is 15.6. The zero-order valence-corrected chi connectivity index (χ0v) is 14.0. The van der Waals surface area contributed by atoms with Crippen LogP contribution >= 0.6 is 15.9 Å². The zero-order chi connectivity index (χ0) is 15.6. The maximum atomic E-state index is 12.5. The number of nitrogen functional groups attached to an aromatic ring is 1. The Morgan fingerprint density at radius 3 is 2.43 bits per heavy atom. The molecular formula is C17H19BrN2O. The van der Waals surface area contributed by atoms with Crippen molar-refractivity contribution in [1.82, 2.24) is 0 Å². The molecule has 4 heteroatoms. The van der Waals surface area contributed by atoms with Crippen molar-refractivity contribution in [3.8, 4) is 0 Å². The van der Waals surface area contributed by atoms with E-state index >= 15 is 0 Å². The number of anilines is 2. The minimum absolute atomic E-state index is 0.0906. The fraction of sp³-hybridized carbons (Fsp3) is 0.235. The molecule has 0 aliphatic rings. The molecule has 0 heterocycles. The van der Waals surface area contributed by atoms with Crippen LogP contribution in [-0.2, 0) is 5.41 Å². The van der Waals surface area contributed by atoms with E-state index in [0.717, 1.165) is 10.0 Å². The third-order valence-electron chi connectivity index (χ3n) is 3.23. The molecule has 0 saturated carbocycles. The van der Waals surface area contributed by atoms with Gasteiger partial charge >= 0.3 is 0 Å². The molecule has 0 atom stereocenters. The molecule has 0 aliphatic heterocycles.